The molecule has 1 heterocycles. The van der Waals surface area contributed by atoms with Gasteiger partial charge in [0.25, 0.3) is 0 Å². The molecular formula is C26H21ClN2O. The minimum atomic E-state index is -0.627. The van der Waals surface area contributed by atoms with Crippen LogP contribution in [0.4, 0.5) is 0 Å². The van der Waals surface area contributed by atoms with E-state index in [1.165, 1.54) is 6.08 Å². The van der Waals surface area contributed by atoms with Crippen molar-refractivity contribution in [1.82, 2.24) is 9.55 Å². The lowest BCUT2D eigenvalue weighted by Crippen LogP contribution is -2.38. The van der Waals surface area contributed by atoms with Crippen LogP contribution in [0.3, 0.4) is 0 Å². The normalized spacial score (nSPS) is 11.7. The third kappa shape index (κ3) is 3.49. The van der Waals surface area contributed by atoms with Gasteiger partial charge in [-0.3, -0.25) is 4.79 Å². The second kappa shape index (κ2) is 8.52. The van der Waals surface area contributed by atoms with Crippen LogP contribution in [-0.4, -0.2) is 14.8 Å². The maximum Gasteiger partial charge on any atom is 0.245 e. The summed E-state index contributed by atoms with van der Waals surface area (Å²) in [5.74, 6) is 0. The number of benzene rings is 3. The Morgan fingerprint density at radius 2 is 1.27 bits per heavy atom. The zero-order chi connectivity index (χ0) is 21.0. The molecule has 0 atom stereocenters. The first-order chi connectivity index (χ1) is 14.6. The number of hydrogen-bond acceptors (Lipinski definition) is 2. The molecule has 1 aromatic heterocycles. The van der Waals surface area contributed by atoms with Gasteiger partial charge in [-0.15, -0.1) is 0 Å². The van der Waals surface area contributed by atoms with Crippen molar-refractivity contribution in [3.63, 3.8) is 0 Å². The zero-order valence-corrected chi connectivity index (χ0v) is 17.3. The number of halogens is 1. The maximum absolute atomic E-state index is 11.2. The molecule has 4 heteroatoms. The highest BCUT2D eigenvalue weighted by atomic mass is 35.5. The van der Waals surface area contributed by atoms with Gasteiger partial charge in [0.1, 0.15) is 5.54 Å². The van der Waals surface area contributed by atoms with E-state index in [4.69, 9.17) is 11.6 Å². The van der Waals surface area contributed by atoms with Gasteiger partial charge >= 0.3 is 0 Å². The molecule has 0 aliphatic heterocycles. The van der Waals surface area contributed by atoms with E-state index in [0.29, 0.717) is 5.69 Å². The first kappa shape index (κ1) is 19.9. The van der Waals surface area contributed by atoms with Crippen molar-refractivity contribution in [1.29, 1.82) is 0 Å². The average molecular weight is 413 g/mol. The molecule has 4 aromatic rings. The molecule has 148 valence electrons. The fourth-order valence-electron chi connectivity index (χ4n) is 4.02. The van der Waals surface area contributed by atoms with Gasteiger partial charge in [0.15, 0.2) is 0 Å². The number of aromatic nitrogens is 2. The van der Waals surface area contributed by atoms with Crippen LogP contribution in [0.25, 0.3) is 6.08 Å². The van der Waals surface area contributed by atoms with Crippen molar-refractivity contribution in [2.24, 2.45) is 0 Å². The topological polar surface area (TPSA) is 34.9 Å². The van der Waals surface area contributed by atoms with E-state index >= 15 is 0 Å². The molecule has 0 radical (unpaired) electrons. The first-order valence-electron chi connectivity index (χ1n) is 9.72. The molecule has 4 rings (SSSR count). The Hall–Kier alpha value is -3.43. The largest absolute Gasteiger partial charge is 0.316 e. The number of rotatable bonds is 6. The van der Waals surface area contributed by atoms with Crippen LogP contribution in [0.15, 0.2) is 103 Å². The van der Waals surface area contributed by atoms with Crippen LogP contribution in [-0.2, 0) is 10.3 Å². The van der Waals surface area contributed by atoms with E-state index < -0.39 is 10.8 Å². The van der Waals surface area contributed by atoms with Crippen LogP contribution in [0.1, 0.15) is 28.1 Å². The van der Waals surface area contributed by atoms with E-state index in [1.54, 1.807) is 6.08 Å². The molecule has 0 unspecified atom stereocenters. The summed E-state index contributed by atoms with van der Waals surface area (Å²) in [6.07, 6.45) is 4.82. The van der Waals surface area contributed by atoms with Crippen molar-refractivity contribution in [2.75, 3.05) is 0 Å². The summed E-state index contributed by atoms with van der Waals surface area (Å²) in [4.78, 5) is 15.8. The first-order valence-corrected chi connectivity index (χ1v) is 10.1. The summed E-state index contributed by atoms with van der Waals surface area (Å²) < 4.78 is 2.17. The van der Waals surface area contributed by atoms with E-state index in [9.17, 15) is 4.79 Å². The predicted molar refractivity (Wildman–Crippen MR) is 121 cm³/mol. The van der Waals surface area contributed by atoms with Gasteiger partial charge in [-0.25, -0.2) is 4.98 Å². The van der Waals surface area contributed by atoms with Gasteiger partial charge in [0, 0.05) is 5.69 Å². The van der Waals surface area contributed by atoms with Crippen molar-refractivity contribution >= 4 is 22.9 Å². The Kier molecular flexibility index (Phi) is 5.64. The van der Waals surface area contributed by atoms with Crippen LogP contribution < -0.4 is 0 Å². The molecule has 3 nitrogen and oxygen atoms in total. The van der Waals surface area contributed by atoms with Crippen molar-refractivity contribution in [3.8, 4) is 0 Å². The van der Waals surface area contributed by atoms with Gasteiger partial charge in [0.2, 0.25) is 5.24 Å². The van der Waals surface area contributed by atoms with E-state index in [-0.39, 0.29) is 0 Å². The van der Waals surface area contributed by atoms with E-state index in [1.807, 2.05) is 31.5 Å². The molecule has 30 heavy (non-hydrogen) atoms. The van der Waals surface area contributed by atoms with Gasteiger partial charge in [0.05, 0.1) is 12.0 Å². The summed E-state index contributed by atoms with van der Waals surface area (Å²) in [5, 5.41) is -0.524. The van der Waals surface area contributed by atoms with Gasteiger partial charge in [-0.1, -0.05) is 91.0 Å². The summed E-state index contributed by atoms with van der Waals surface area (Å²) in [5.41, 5.74) is 4.36. The molecule has 0 bridgehead atoms. The highest BCUT2D eigenvalue weighted by molar-refractivity contribution is 6.66. The molecule has 0 saturated heterocycles. The Morgan fingerprint density at radius 3 is 1.67 bits per heavy atom. The van der Waals surface area contributed by atoms with Crippen LogP contribution in [0.5, 0.6) is 0 Å². The lowest BCUT2D eigenvalue weighted by Gasteiger charge is -2.38. The Balaban J connectivity index is 2.08. The Bertz CT molecular complexity index is 1070. The van der Waals surface area contributed by atoms with Crippen LogP contribution >= 0.6 is 11.6 Å². The van der Waals surface area contributed by atoms with E-state index in [0.717, 1.165) is 22.4 Å². The molecule has 0 aliphatic carbocycles. The Labute approximate surface area is 181 Å². The lowest BCUT2D eigenvalue weighted by molar-refractivity contribution is -0.107. The zero-order valence-electron chi connectivity index (χ0n) is 16.6. The number of allylic oxidation sites excluding steroid dienone is 1. The Morgan fingerprint density at radius 1 is 0.833 bits per heavy atom. The standard InChI is InChI=1S/C26H21ClN2O/c1-20-24(17-18-25(27)30)28-19-29(20)26(21-11-5-2-6-12-21,22-13-7-3-8-14-22)23-15-9-4-10-16-23/h2-19H,1H3/b18-17+. The summed E-state index contributed by atoms with van der Waals surface area (Å²) >= 11 is 5.50. The van der Waals surface area contributed by atoms with Crippen LogP contribution in [0.2, 0.25) is 0 Å². The second-order valence-electron chi connectivity index (χ2n) is 7.03. The number of carbonyl (C=O) groups is 1. The molecule has 0 N–H and O–H groups in total. The summed E-state index contributed by atoms with van der Waals surface area (Å²) in [6.45, 7) is 2.01. The average Bonchev–Trinajstić information content (AvgIpc) is 3.16. The lowest BCUT2D eigenvalue weighted by atomic mass is 9.76. The smallest absolute Gasteiger partial charge is 0.245 e. The number of hydrogen-bond donors (Lipinski definition) is 0. The van der Waals surface area contributed by atoms with Crippen LogP contribution in [0, 0.1) is 6.92 Å². The SMILES string of the molecule is Cc1c(/C=C/C(=O)Cl)ncn1C(c1ccccc1)(c1ccccc1)c1ccccc1. The molecule has 0 spiro atoms. The molecule has 3 aromatic carbocycles. The third-order valence-corrected chi connectivity index (χ3v) is 5.48. The minimum Gasteiger partial charge on any atom is -0.316 e. The third-order valence-electron chi connectivity index (χ3n) is 5.35. The van der Waals surface area contributed by atoms with Gasteiger partial charge in [-0.2, -0.15) is 0 Å². The van der Waals surface area contributed by atoms with Gasteiger partial charge in [-0.05, 0) is 47.4 Å². The minimum absolute atomic E-state index is 0.524. The molecular weight excluding hydrogens is 392 g/mol. The number of carbonyl (C=O) groups excluding carboxylic acids is 1. The van der Waals surface area contributed by atoms with E-state index in [2.05, 4.69) is 82.3 Å². The summed E-state index contributed by atoms with van der Waals surface area (Å²) in [7, 11) is 0. The monoisotopic (exact) mass is 412 g/mol. The number of imidazole rings is 1. The van der Waals surface area contributed by atoms with Crippen molar-refractivity contribution in [3.05, 3.63) is 131 Å². The highest BCUT2D eigenvalue weighted by Crippen LogP contribution is 2.41. The number of nitrogens with zero attached hydrogens (tertiary/aromatic N) is 2. The summed E-state index contributed by atoms with van der Waals surface area (Å²) in [6, 6.07) is 31.2. The molecule has 0 fully saturated rings. The molecule has 0 aliphatic rings. The fraction of sp³-hybridized carbons (Fsp3) is 0.0769. The van der Waals surface area contributed by atoms with Gasteiger partial charge < -0.3 is 4.57 Å². The fourth-order valence-corrected chi connectivity index (χ4v) is 4.09. The second-order valence-corrected chi connectivity index (χ2v) is 7.40. The highest BCUT2D eigenvalue weighted by Gasteiger charge is 2.39. The maximum atomic E-state index is 11.2. The van der Waals surface area contributed by atoms with Crippen molar-refractivity contribution in [2.45, 2.75) is 12.5 Å². The quantitative estimate of drug-likeness (QED) is 0.227. The molecule has 0 amide bonds. The van der Waals surface area contributed by atoms with Crippen molar-refractivity contribution < 1.29 is 4.79 Å². The predicted octanol–water partition coefficient (Wildman–Crippen LogP) is 5.81. The molecule has 0 saturated carbocycles.